The number of nitrogens with zero attached hydrogens (tertiary/aromatic N) is 4. The van der Waals surface area contributed by atoms with Gasteiger partial charge in [-0.2, -0.15) is 0 Å². The van der Waals surface area contributed by atoms with E-state index in [-0.39, 0.29) is 34.9 Å². The first-order valence-corrected chi connectivity index (χ1v) is 14.1. The molecule has 2 atom stereocenters. The summed E-state index contributed by atoms with van der Waals surface area (Å²) in [6.45, 7) is 0.989. The molecule has 13 heteroatoms. The topological polar surface area (TPSA) is 117 Å². The van der Waals surface area contributed by atoms with Crippen LogP contribution < -0.4 is 15.4 Å². The molecule has 0 aliphatic heterocycles. The van der Waals surface area contributed by atoms with Crippen molar-refractivity contribution in [2.24, 2.45) is 5.92 Å². The Hall–Kier alpha value is -2.54. The second-order valence-corrected chi connectivity index (χ2v) is 11.9. The number of hydrogen-bond donors (Lipinski definition) is 2. The highest BCUT2D eigenvalue weighted by Gasteiger charge is 2.35. The minimum Gasteiger partial charge on any atom is -0.495 e. The van der Waals surface area contributed by atoms with Crippen molar-refractivity contribution >= 4 is 39.2 Å². The standard InChI is InChI=1S/C24H34ClFN6O4S/c1-31(2)10-9-27-23(33)16-12-22(36-4)20(13-18(16)26)30-24-28-14-17(25)19(29-24)11-15-7-6-8-21(15)32(3)37(5,34)35/h12-15,21H,6-11H2,1-5H3,(H,27,33)(H,28,29,30)/t15-,21+/m0/s1. The Morgan fingerprint density at radius 1 is 1.27 bits per heavy atom. The lowest BCUT2D eigenvalue weighted by Gasteiger charge is -2.27. The molecule has 1 fully saturated rings. The number of likely N-dealkylation sites (N-methyl/N-ethyl adjacent to an activating group) is 1. The monoisotopic (exact) mass is 556 g/mol. The average Bonchev–Trinajstić information content (AvgIpc) is 3.27. The second-order valence-electron chi connectivity index (χ2n) is 9.45. The molecule has 37 heavy (non-hydrogen) atoms. The SMILES string of the molecule is COc1cc(C(=O)NCCN(C)C)c(F)cc1Nc1ncc(Cl)c(C[C@@H]2CCC[C@H]2N(C)S(C)(=O)=O)n1. The number of carbonyl (C=O) groups excluding carboxylic acids is 1. The summed E-state index contributed by atoms with van der Waals surface area (Å²) in [5.74, 6) is -0.801. The number of ether oxygens (including phenoxy) is 1. The number of benzene rings is 1. The summed E-state index contributed by atoms with van der Waals surface area (Å²) in [6, 6.07) is 2.35. The molecule has 0 bridgehead atoms. The first kappa shape index (κ1) is 29.0. The molecule has 1 amide bonds. The van der Waals surface area contributed by atoms with E-state index in [0.717, 1.165) is 25.3 Å². The maximum atomic E-state index is 14.9. The summed E-state index contributed by atoms with van der Waals surface area (Å²) in [6.07, 6.45) is 5.66. The molecule has 3 rings (SSSR count). The molecular weight excluding hydrogens is 523 g/mol. The first-order valence-electron chi connectivity index (χ1n) is 11.9. The molecule has 1 aromatic carbocycles. The number of rotatable bonds is 11. The van der Waals surface area contributed by atoms with Gasteiger partial charge in [-0.1, -0.05) is 18.0 Å². The number of methoxy groups -OCH3 is 1. The number of sulfonamides is 1. The van der Waals surface area contributed by atoms with Crippen LogP contribution in [0.2, 0.25) is 5.02 Å². The minimum absolute atomic E-state index is 0.0530. The Morgan fingerprint density at radius 3 is 2.65 bits per heavy atom. The van der Waals surface area contributed by atoms with E-state index in [1.807, 2.05) is 19.0 Å². The molecule has 2 N–H and O–H groups in total. The summed E-state index contributed by atoms with van der Waals surface area (Å²) in [7, 11) is 3.44. The van der Waals surface area contributed by atoms with E-state index in [4.69, 9.17) is 16.3 Å². The molecule has 0 saturated heterocycles. The summed E-state index contributed by atoms with van der Waals surface area (Å²) in [5, 5.41) is 5.99. The second kappa shape index (κ2) is 12.3. The predicted molar refractivity (Wildman–Crippen MR) is 142 cm³/mol. The zero-order valence-electron chi connectivity index (χ0n) is 21.7. The molecule has 1 aromatic heterocycles. The Kier molecular flexibility index (Phi) is 9.68. The van der Waals surface area contributed by atoms with Crippen molar-refractivity contribution in [2.75, 3.05) is 52.9 Å². The maximum absolute atomic E-state index is 14.9. The quantitative estimate of drug-likeness (QED) is 0.434. The summed E-state index contributed by atoms with van der Waals surface area (Å²) in [5.41, 5.74) is 0.670. The van der Waals surface area contributed by atoms with E-state index in [9.17, 15) is 17.6 Å². The van der Waals surface area contributed by atoms with Crippen LogP contribution in [0, 0.1) is 11.7 Å². The van der Waals surface area contributed by atoms with Crippen LogP contribution in [0.1, 0.15) is 35.3 Å². The zero-order valence-corrected chi connectivity index (χ0v) is 23.3. The van der Waals surface area contributed by atoms with Crippen LogP contribution in [0.25, 0.3) is 0 Å². The van der Waals surface area contributed by atoms with E-state index in [1.165, 1.54) is 29.9 Å². The van der Waals surface area contributed by atoms with Crippen LogP contribution in [-0.4, -0.2) is 87.1 Å². The van der Waals surface area contributed by atoms with Crippen LogP contribution in [0.4, 0.5) is 16.0 Å². The Labute approximate surface area is 222 Å². The van der Waals surface area contributed by atoms with Gasteiger partial charge in [-0.15, -0.1) is 0 Å². The number of carbonyl (C=O) groups is 1. The lowest BCUT2D eigenvalue weighted by molar-refractivity contribution is 0.0946. The van der Waals surface area contributed by atoms with E-state index in [1.54, 1.807) is 7.05 Å². The highest BCUT2D eigenvalue weighted by Crippen LogP contribution is 2.35. The van der Waals surface area contributed by atoms with Crippen molar-refractivity contribution in [3.8, 4) is 5.75 Å². The lowest BCUT2D eigenvalue weighted by Crippen LogP contribution is -2.39. The maximum Gasteiger partial charge on any atom is 0.254 e. The Morgan fingerprint density at radius 2 is 2.00 bits per heavy atom. The van der Waals surface area contributed by atoms with E-state index in [0.29, 0.717) is 30.2 Å². The van der Waals surface area contributed by atoms with Crippen molar-refractivity contribution in [1.82, 2.24) is 24.5 Å². The molecule has 1 saturated carbocycles. The average molecular weight is 557 g/mol. The van der Waals surface area contributed by atoms with Gasteiger partial charge in [0.05, 0.1) is 41.5 Å². The number of hydrogen-bond acceptors (Lipinski definition) is 8. The van der Waals surface area contributed by atoms with Gasteiger partial charge in [0.15, 0.2) is 0 Å². The van der Waals surface area contributed by atoms with Gasteiger partial charge in [-0.3, -0.25) is 4.79 Å². The fourth-order valence-electron chi connectivity index (χ4n) is 4.44. The molecule has 0 unspecified atom stereocenters. The van der Waals surface area contributed by atoms with Crippen molar-refractivity contribution in [2.45, 2.75) is 31.7 Å². The van der Waals surface area contributed by atoms with Gasteiger partial charge >= 0.3 is 0 Å². The van der Waals surface area contributed by atoms with Gasteiger partial charge in [0.2, 0.25) is 16.0 Å². The van der Waals surface area contributed by atoms with Gasteiger partial charge in [0.25, 0.3) is 5.91 Å². The molecule has 10 nitrogen and oxygen atoms in total. The third-order valence-corrected chi connectivity index (χ3v) is 8.14. The number of amides is 1. The van der Waals surface area contributed by atoms with Gasteiger partial charge in [0.1, 0.15) is 11.6 Å². The predicted octanol–water partition coefficient (Wildman–Crippen LogP) is 2.92. The molecule has 0 spiro atoms. The fraction of sp³-hybridized carbons (Fsp3) is 0.542. The van der Waals surface area contributed by atoms with Crippen LogP contribution in [0.5, 0.6) is 5.75 Å². The van der Waals surface area contributed by atoms with Gasteiger partial charge in [0, 0.05) is 32.2 Å². The largest absolute Gasteiger partial charge is 0.495 e. The zero-order chi connectivity index (χ0) is 27.3. The number of halogens is 2. The fourth-order valence-corrected chi connectivity index (χ4v) is 5.37. The highest BCUT2D eigenvalue weighted by molar-refractivity contribution is 7.88. The normalized spacial score (nSPS) is 17.9. The summed E-state index contributed by atoms with van der Waals surface area (Å²) in [4.78, 5) is 23.1. The molecular formula is C24H34ClFN6O4S. The van der Waals surface area contributed by atoms with Crippen LogP contribution in [-0.2, 0) is 16.4 Å². The molecule has 2 aromatic rings. The first-order chi connectivity index (χ1) is 17.4. The molecule has 204 valence electrons. The molecule has 1 aliphatic rings. The molecule has 1 heterocycles. The van der Waals surface area contributed by atoms with Gasteiger partial charge in [-0.05, 0) is 45.3 Å². The van der Waals surface area contributed by atoms with Gasteiger partial charge < -0.3 is 20.3 Å². The third kappa shape index (κ3) is 7.50. The lowest BCUT2D eigenvalue weighted by atomic mass is 9.97. The summed E-state index contributed by atoms with van der Waals surface area (Å²) < 4.78 is 45.8. The van der Waals surface area contributed by atoms with Crippen molar-refractivity contribution in [3.05, 3.63) is 40.4 Å². The number of aromatic nitrogens is 2. The Balaban J connectivity index is 1.79. The van der Waals surface area contributed by atoms with Crippen LogP contribution >= 0.6 is 11.6 Å². The van der Waals surface area contributed by atoms with Crippen molar-refractivity contribution < 1.29 is 22.3 Å². The van der Waals surface area contributed by atoms with Crippen molar-refractivity contribution in [3.63, 3.8) is 0 Å². The molecule has 0 radical (unpaired) electrons. The van der Waals surface area contributed by atoms with Crippen LogP contribution in [0.15, 0.2) is 18.3 Å². The van der Waals surface area contributed by atoms with E-state index in [2.05, 4.69) is 20.6 Å². The van der Waals surface area contributed by atoms with E-state index < -0.39 is 21.7 Å². The van der Waals surface area contributed by atoms with Crippen LogP contribution in [0.3, 0.4) is 0 Å². The molecule has 1 aliphatic carbocycles. The smallest absolute Gasteiger partial charge is 0.254 e. The summed E-state index contributed by atoms with van der Waals surface area (Å²) >= 11 is 6.38. The number of anilines is 2. The highest BCUT2D eigenvalue weighted by atomic mass is 35.5. The minimum atomic E-state index is -3.33. The van der Waals surface area contributed by atoms with E-state index >= 15 is 0 Å². The number of nitrogens with one attached hydrogen (secondary N) is 2. The third-order valence-electron chi connectivity index (χ3n) is 6.51. The Bertz CT molecular complexity index is 1230. The van der Waals surface area contributed by atoms with Gasteiger partial charge in [-0.25, -0.2) is 27.1 Å². The van der Waals surface area contributed by atoms with Crippen molar-refractivity contribution in [1.29, 1.82) is 0 Å².